The molecule has 0 aliphatic carbocycles. The molecule has 3 unspecified atom stereocenters. The van der Waals surface area contributed by atoms with E-state index in [0.717, 1.165) is 31.0 Å². The lowest BCUT2D eigenvalue weighted by Gasteiger charge is -2.54. The summed E-state index contributed by atoms with van der Waals surface area (Å²) in [5, 5.41) is 19.2. The molecule has 2 aromatic heterocycles. The number of fused-ring (bicyclic) bond motifs is 1. The van der Waals surface area contributed by atoms with Crippen molar-refractivity contribution in [1.82, 2.24) is 29.9 Å². The van der Waals surface area contributed by atoms with E-state index >= 15 is 0 Å². The van der Waals surface area contributed by atoms with Gasteiger partial charge >= 0.3 is 0 Å². The molecule has 8 nitrogen and oxygen atoms in total. The maximum atomic E-state index is 14.6. The summed E-state index contributed by atoms with van der Waals surface area (Å²) < 4.78 is 14.6. The number of aromatic nitrogens is 5. The van der Waals surface area contributed by atoms with Gasteiger partial charge in [0.05, 0.1) is 18.1 Å². The van der Waals surface area contributed by atoms with E-state index in [9.17, 15) is 9.50 Å². The summed E-state index contributed by atoms with van der Waals surface area (Å²) >= 11 is 0. The Hall–Kier alpha value is -2.91. The van der Waals surface area contributed by atoms with Crippen LogP contribution in [0.5, 0.6) is 0 Å². The zero-order valence-electron chi connectivity index (χ0n) is 16.1. The Morgan fingerprint density at radius 1 is 1.10 bits per heavy atom. The first-order chi connectivity index (χ1) is 14.1. The van der Waals surface area contributed by atoms with Crippen molar-refractivity contribution in [2.75, 3.05) is 24.5 Å². The van der Waals surface area contributed by atoms with E-state index in [-0.39, 0.29) is 11.7 Å². The third-order valence-electron chi connectivity index (χ3n) is 5.97. The molecule has 0 bridgehead atoms. The summed E-state index contributed by atoms with van der Waals surface area (Å²) in [4.78, 5) is 14.3. The predicted octanol–water partition coefficient (Wildman–Crippen LogP) is 1.71. The predicted molar refractivity (Wildman–Crippen MR) is 104 cm³/mol. The van der Waals surface area contributed by atoms with Gasteiger partial charge in [-0.15, -0.1) is 4.80 Å². The lowest BCUT2D eigenvalue weighted by molar-refractivity contribution is -0.0365. The molecular weight excluding hydrogens is 373 g/mol. The fraction of sp³-hybridized carbons (Fsp3) is 0.400. The maximum Gasteiger partial charge on any atom is 0.151 e. The average molecular weight is 395 g/mol. The topological polar surface area (TPSA) is 83.2 Å². The van der Waals surface area contributed by atoms with Gasteiger partial charge in [-0.25, -0.2) is 9.37 Å². The summed E-state index contributed by atoms with van der Waals surface area (Å²) in [5.41, 5.74) is 1.55. The van der Waals surface area contributed by atoms with Crippen LogP contribution in [-0.2, 0) is 0 Å². The molecule has 2 aliphatic rings. The fourth-order valence-corrected chi connectivity index (χ4v) is 4.45. The Morgan fingerprint density at radius 2 is 1.90 bits per heavy atom. The third-order valence-corrected chi connectivity index (χ3v) is 5.97. The molecule has 0 radical (unpaired) electrons. The number of hydrogen-bond acceptors (Lipinski definition) is 7. The Balaban J connectivity index is 1.40. The van der Waals surface area contributed by atoms with Gasteiger partial charge in [0.15, 0.2) is 5.82 Å². The van der Waals surface area contributed by atoms with Gasteiger partial charge in [-0.05, 0) is 25.3 Å². The van der Waals surface area contributed by atoms with Gasteiger partial charge < -0.3 is 10.0 Å². The molecule has 5 rings (SSSR count). The lowest BCUT2D eigenvalue weighted by atomic mass is 9.82. The van der Waals surface area contributed by atoms with Gasteiger partial charge in [0.2, 0.25) is 0 Å². The van der Waals surface area contributed by atoms with E-state index in [1.165, 1.54) is 23.3 Å². The van der Waals surface area contributed by atoms with Gasteiger partial charge in [0.25, 0.3) is 0 Å². The SMILES string of the molecule is Cc1nccnc1N1CC2CCN(C(O)c3cccc(F)c3-n3nccn3)CC21. The second-order valence-corrected chi connectivity index (χ2v) is 7.60. The molecule has 9 heteroatoms. The first kappa shape index (κ1) is 18.1. The standard InChI is InChI=1S/C20H22FN7O/c1-13-19(23-7-6-22-13)27-11-14-5-10-26(12-17(14)27)20(29)15-3-2-4-16(21)18(15)28-24-8-9-25-28/h2-4,6-9,14,17,20,29H,5,10-12H2,1H3. The first-order valence-corrected chi connectivity index (χ1v) is 9.75. The monoisotopic (exact) mass is 395 g/mol. The maximum absolute atomic E-state index is 14.6. The van der Waals surface area contributed by atoms with Crippen molar-refractivity contribution >= 4 is 5.82 Å². The smallest absolute Gasteiger partial charge is 0.151 e. The summed E-state index contributed by atoms with van der Waals surface area (Å²) in [6.07, 6.45) is 6.41. The number of aryl methyl sites for hydroxylation is 1. The molecule has 2 aliphatic heterocycles. The zero-order valence-corrected chi connectivity index (χ0v) is 16.1. The molecular formula is C20H22FN7O. The number of piperidine rings is 1. The number of anilines is 1. The first-order valence-electron chi connectivity index (χ1n) is 9.75. The van der Waals surface area contributed by atoms with Crippen molar-refractivity contribution in [1.29, 1.82) is 0 Å². The van der Waals surface area contributed by atoms with E-state index < -0.39 is 12.0 Å². The zero-order chi connectivity index (χ0) is 20.0. The molecule has 0 amide bonds. The highest BCUT2D eigenvalue weighted by Crippen LogP contribution is 2.39. The number of hydrogen-bond donors (Lipinski definition) is 1. The molecule has 2 saturated heterocycles. The second-order valence-electron chi connectivity index (χ2n) is 7.60. The van der Waals surface area contributed by atoms with Crippen molar-refractivity contribution in [2.45, 2.75) is 25.6 Å². The second kappa shape index (κ2) is 7.16. The summed E-state index contributed by atoms with van der Waals surface area (Å²) in [5.74, 6) is 1.00. The van der Waals surface area contributed by atoms with Crippen LogP contribution in [0.2, 0.25) is 0 Å². The number of rotatable bonds is 4. The number of halogens is 1. The Labute approximate surface area is 167 Å². The number of nitrogens with zero attached hydrogens (tertiary/aromatic N) is 7. The van der Waals surface area contributed by atoms with Crippen LogP contribution < -0.4 is 4.90 Å². The highest BCUT2D eigenvalue weighted by Gasteiger charge is 2.45. The van der Waals surface area contributed by atoms with Gasteiger partial charge in [0, 0.05) is 43.6 Å². The molecule has 3 atom stereocenters. The molecule has 4 heterocycles. The van der Waals surface area contributed by atoms with Crippen molar-refractivity contribution < 1.29 is 9.50 Å². The Kier molecular flexibility index (Phi) is 4.48. The largest absolute Gasteiger partial charge is 0.374 e. The van der Waals surface area contributed by atoms with E-state index in [0.29, 0.717) is 18.0 Å². The molecule has 1 N–H and O–H groups in total. The molecule has 1 aromatic carbocycles. The Bertz CT molecular complexity index is 1010. The van der Waals surface area contributed by atoms with Crippen LogP contribution in [0.3, 0.4) is 0 Å². The van der Waals surface area contributed by atoms with Crippen molar-refractivity contribution in [3.63, 3.8) is 0 Å². The summed E-state index contributed by atoms with van der Waals surface area (Å²) in [6.45, 7) is 4.33. The minimum absolute atomic E-state index is 0.183. The van der Waals surface area contributed by atoms with Gasteiger partial charge in [0.1, 0.15) is 17.7 Å². The lowest BCUT2D eigenvalue weighted by Crippen LogP contribution is -2.65. The molecule has 29 heavy (non-hydrogen) atoms. The van der Waals surface area contributed by atoms with Crippen LogP contribution >= 0.6 is 0 Å². The quantitative estimate of drug-likeness (QED) is 0.720. The van der Waals surface area contributed by atoms with Gasteiger partial charge in [-0.2, -0.15) is 10.2 Å². The van der Waals surface area contributed by atoms with Crippen molar-refractivity contribution in [3.8, 4) is 5.69 Å². The number of aliphatic hydroxyl groups is 1. The van der Waals surface area contributed by atoms with Crippen LogP contribution in [0.25, 0.3) is 5.69 Å². The average Bonchev–Trinajstić information content (AvgIpc) is 3.24. The highest BCUT2D eigenvalue weighted by molar-refractivity contribution is 5.48. The number of benzene rings is 1. The third kappa shape index (κ3) is 3.06. The summed E-state index contributed by atoms with van der Waals surface area (Å²) in [6, 6.07) is 4.94. The van der Waals surface area contributed by atoms with Crippen LogP contribution in [0.1, 0.15) is 23.9 Å². The van der Waals surface area contributed by atoms with Crippen molar-refractivity contribution in [3.05, 3.63) is 60.1 Å². The normalized spacial score (nSPS) is 22.8. The molecule has 2 fully saturated rings. The number of para-hydroxylation sites is 1. The van der Waals surface area contributed by atoms with Crippen LogP contribution in [0.15, 0.2) is 43.0 Å². The highest BCUT2D eigenvalue weighted by atomic mass is 19.1. The van der Waals surface area contributed by atoms with Gasteiger partial charge in [-0.3, -0.25) is 9.88 Å². The number of aliphatic hydroxyl groups excluding tert-OH is 1. The number of likely N-dealkylation sites (tertiary alicyclic amines) is 1. The minimum Gasteiger partial charge on any atom is -0.374 e. The minimum atomic E-state index is -0.946. The van der Waals surface area contributed by atoms with Gasteiger partial charge in [-0.1, -0.05) is 12.1 Å². The van der Waals surface area contributed by atoms with Crippen LogP contribution in [0, 0.1) is 18.7 Å². The molecule has 3 aromatic rings. The summed E-state index contributed by atoms with van der Waals surface area (Å²) in [7, 11) is 0. The van der Waals surface area contributed by atoms with E-state index in [1.807, 2.05) is 11.8 Å². The van der Waals surface area contributed by atoms with E-state index in [4.69, 9.17) is 0 Å². The molecule has 0 spiro atoms. The Morgan fingerprint density at radius 3 is 2.69 bits per heavy atom. The molecule has 150 valence electrons. The van der Waals surface area contributed by atoms with E-state index in [1.54, 1.807) is 24.5 Å². The fourth-order valence-electron chi connectivity index (χ4n) is 4.45. The van der Waals surface area contributed by atoms with Crippen LogP contribution in [-0.4, -0.2) is 60.6 Å². The molecule has 0 saturated carbocycles. The van der Waals surface area contributed by atoms with Crippen molar-refractivity contribution in [2.24, 2.45) is 5.92 Å². The van der Waals surface area contributed by atoms with Crippen LogP contribution in [0.4, 0.5) is 10.2 Å². The van der Waals surface area contributed by atoms with E-state index in [2.05, 4.69) is 25.1 Å².